The molecule has 0 spiro atoms. The van der Waals surface area contributed by atoms with Crippen molar-refractivity contribution in [2.24, 2.45) is 5.73 Å². The number of nitrogens with zero attached hydrogens (tertiary/aromatic N) is 1. The van der Waals surface area contributed by atoms with Crippen molar-refractivity contribution >= 4 is 0 Å². The van der Waals surface area contributed by atoms with Gasteiger partial charge in [0.2, 0.25) is 5.76 Å². The average molecular weight is 136 g/mol. The van der Waals surface area contributed by atoms with Gasteiger partial charge in [0.1, 0.15) is 6.07 Å². The van der Waals surface area contributed by atoms with E-state index in [4.69, 9.17) is 15.4 Å². The van der Waals surface area contributed by atoms with Crippen LogP contribution in [0, 0.1) is 11.3 Å². The Morgan fingerprint density at radius 2 is 2.50 bits per heavy atom. The van der Waals surface area contributed by atoms with E-state index >= 15 is 0 Å². The Morgan fingerprint density at radius 1 is 1.70 bits per heavy atom. The Balaban J connectivity index is 2.82. The van der Waals surface area contributed by atoms with Gasteiger partial charge in [0.15, 0.2) is 0 Å². The Labute approximate surface area is 59.1 Å². The summed E-state index contributed by atoms with van der Waals surface area (Å²) >= 11 is 0. The Morgan fingerprint density at radius 3 is 3.10 bits per heavy atom. The number of hydrogen-bond donors (Lipinski definition) is 1. The molecular weight excluding hydrogens is 128 g/mol. The Kier molecular flexibility index (Phi) is 2.08. The van der Waals surface area contributed by atoms with Crippen molar-refractivity contribution in [1.82, 2.24) is 0 Å². The first kappa shape index (κ1) is 6.84. The summed E-state index contributed by atoms with van der Waals surface area (Å²) in [5, 5.41) is 8.45. The van der Waals surface area contributed by atoms with Crippen molar-refractivity contribution in [3.63, 3.8) is 0 Å². The number of nitrogens with two attached hydrogens (primary N) is 1. The first-order valence-corrected chi connectivity index (χ1v) is 3.05. The molecule has 0 aliphatic carbocycles. The second-order valence-corrected chi connectivity index (χ2v) is 1.93. The Hall–Kier alpha value is -1.27. The molecule has 0 saturated carbocycles. The topological polar surface area (TPSA) is 63.0 Å². The molecule has 1 rings (SSSR count). The summed E-state index contributed by atoms with van der Waals surface area (Å²) in [5.74, 6) is 0.380. The zero-order valence-corrected chi connectivity index (χ0v) is 5.50. The molecule has 1 aromatic heterocycles. The second-order valence-electron chi connectivity index (χ2n) is 1.93. The van der Waals surface area contributed by atoms with E-state index in [1.54, 1.807) is 6.07 Å². The van der Waals surface area contributed by atoms with Gasteiger partial charge in [0, 0.05) is 5.56 Å². The molecule has 52 valence electrons. The van der Waals surface area contributed by atoms with Crippen LogP contribution in [0.2, 0.25) is 0 Å². The van der Waals surface area contributed by atoms with Crippen LogP contribution in [-0.4, -0.2) is 6.54 Å². The highest BCUT2D eigenvalue weighted by atomic mass is 16.3. The predicted molar refractivity (Wildman–Crippen MR) is 36.2 cm³/mol. The van der Waals surface area contributed by atoms with Crippen molar-refractivity contribution in [2.45, 2.75) is 6.42 Å². The third-order valence-electron chi connectivity index (χ3n) is 1.26. The van der Waals surface area contributed by atoms with Crippen LogP contribution < -0.4 is 5.73 Å². The molecule has 0 bridgehead atoms. The lowest BCUT2D eigenvalue weighted by Crippen LogP contribution is -2.02. The fraction of sp³-hybridized carbons (Fsp3) is 0.286. The van der Waals surface area contributed by atoms with Crippen LogP contribution in [0.5, 0.6) is 0 Å². The van der Waals surface area contributed by atoms with Crippen molar-refractivity contribution < 1.29 is 4.42 Å². The predicted octanol–water partition coefficient (Wildman–Crippen LogP) is 0.652. The highest BCUT2D eigenvalue weighted by Crippen LogP contribution is 2.08. The number of nitriles is 1. The molecule has 0 aliphatic rings. The largest absolute Gasteiger partial charge is 0.454 e. The standard InChI is InChI=1S/C7H8N2O/c8-3-1-6-2-4-10-7(6)5-9/h2,4H,1,3,8H2. The molecule has 0 atom stereocenters. The van der Waals surface area contributed by atoms with E-state index < -0.39 is 0 Å². The molecular formula is C7H8N2O. The number of hydrogen-bond acceptors (Lipinski definition) is 3. The van der Waals surface area contributed by atoms with Gasteiger partial charge < -0.3 is 10.2 Å². The summed E-state index contributed by atoms with van der Waals surface area (Å²) < 4.78 is 4.85. The van der Waals surface area contributed by atoms with Crippen LogP contribution in [-0.2, 0) is 6.42 Å². The highest BCUT2D eigenvalue weighted by molar-refractivity contribution is 5.28. The minimum atomic E-state index is 0.380. The van der Waals surface area contributed by atoms with Gasteiger partial charge in [-0.2, -0.15) is 5.26 Å². The third kappa shape index (κ3) is 1.17. The molecule has 1 aromatic rings. The van der Waals surface area contributed by atoms with E-state index in [2.05, 4.69) is 0 Å². The molecule has 0 saturated heterocycles. The van der Waals surface area contributed by atoms with Crippen LogP contribution in [0.4, 0.5) is 0 Å². The van der Waals surface area contributed by atoms with Gasteiger partial charge in [-0.15, -0.1) is 0 Å². The first-order valence-electron chi connectivity index (χ1n) is 3.05. The fourth-order valence-electron chi connectivity index (χ4n) is 0.786. The minimum absolute atomic E-state index is 0.380. The van der Waals surface area contributed by atoms with E-state index in [1.807, 2.05) is 6.07 Å². The van der Waals surface area contributed by atoms with Gasteiger partial charge >= 0.3 is 0 Å². The minimum Gasteiger partial charge on any atom is -0.454 e. The smallest absolute Gasteiger partial charge is 0.206 e. The van der Waals surface area contributed by atoms with Crippen molar-refractivity contribution in [2.75, 3.05) is 6.54 Å². The zero-order chi connectivity index (χ0) is 7.40. The molecule has 0 aliphatic heterocycles. The fourth-order valence-corrected chi connectivity index (χ4v) is 0.786. The molecule has 3 heteroatoms. The lowest BCUT2D eigenvalue weighted by atomic mass is 10.2. The lowest BCUT2D eigenvalue weighted by Gasteiger charge is -1.89. The molecule has 0 amide bonds. The third-order valence-corrected chi connectivity index (χ3v) is 1.26. The normalized spacial score (nSPS) is 9.20. The average Bonchev–Trinajstić information content (AvgIpc) is 2.36. The van der Waals surface area contributed by atoms with Gasteiger partial charge in [0.25, 0.3) is 0 Å². The van der Waals surface area contributed by atoms with E-state index in [-0.39, 0.29) is 0 Å². The first-order chi connectivity index (χ1) is 4.88. The summed E-state index contributed by atoms with van der Waals surface area (Å²) in [6, 6.07) is 3.71. The molecule has 1 heterocycles. The summed E-state index contributed by atoms with van der Waals surface area (Å²) in [4.78, 5) is 0. The van der Waals surface area contributed by atoms with E-state index in [9.17, 15) is 0 Å². The van der Waals surface area contributed by atoms with Gasteiger partial charge in [-0.1, -0.05) is 0 Å². The summed E-state index contributed by atoms with van der Waals surface area (Å²) in [7, 11) is 0. The monoisotopic (exact) mass is 136 g/mol. The highest BCUT2D eigenvalue weighted by Gasteiger charge is 2.02. The maximum absolute atomic E-state index is 8.45. The van der Waals surface area contributed by atoms with Gasteiger partial charge in [-0.3, -0.25) is 0 Å². The molecule has 0 unspecified atom stereocenters. The van der Waals surface area contributed by atoms with Crippen LogP contribution in [0.3, 0.4) is 0 Å². The van der Waals surface area contributed by atoms with E-state index in [0.717, 1.165) is 5.56 Å². The van der Waals surface area contributed by atoms with E-state index in [0.29, 0.717) is 18.7 Å². The molecule has 0 fully saturated rings. The molecule has 10 heavy (non-hydrogen) atoms. The van der Waals surface area contributed by atoms with Crippen LogP contribution in [0.25, 0.3) is 0 Å². The molecule has 3 nitrogen and oxygen atoms in total. The van der Waals surface area contributed by atoms with Crippen molar-refractivity contribution in [3.8, 4) is 6.07 Å². The summed E-state index contributed by atoms with van der Waals surface area (Å²) in [5.41, 5.74) is 6.19. The van der Waals surface area contributed by atoms with Gasteiger partial charge in [0.05, 0.1) is 6.26 Å². The molecule has 2 N–H and O–H groups in total. The zero-order valence-electron chi connectivity index (χ0n) is 5.50. The van der Waals surface area contributed by atoms with Crippen molar-refractivity contribution in [3.05, 3.63) is 23.7 Å². The van der Waals surface area contributed by atoms with Crippen LogP contribution >= 0.6 is 0 Å². The molecule has 0 aromatic carbocycles. The quantitative estimate of drug-likeness (QED) is 0.649. The number of furan rings is 1. The summed E-state index contributed by atoms with van der Waals surface area (Å²) in [6.07, 6.45) is 2.21. The van der Waals surface area contributed by atoms with Crippen molar-refractivity contribution in [1.29, 1.82) is 5.26 Å². The molecule has 0 radical (unpaired) electrons. The number of rotatable bonds is 2. The summed E-state index contributed by atoms with van der Waals surface area (Å²) in [6.45, 7) is 0.550. The second kappa shape index (κ2) is 3.04. The maximum Gasteiger partial charge on any atom is 0.206 e. The van der Waals surface area contributed by atoms with Crippen LogP contribution in [0.1, 0.15) is 11.3 Å². The van der Waals surface area contributed by atoms with Gasteiger partial charge in [-0.25, -0.2) is 0 Å². The van der Waals surface area contributed by atoms with Crippen LogP contribution in [0.15, 0.2) is 16.7 Å². The maximum atomic E-state index is 8.45. The SMILES string of the molecule is N#Cc1occc1CCN. The van der Waals surface area contributed by atoms with Gasteiger partial charge in [-0.05, 0) is 19.0 Å². The van der Waals surface area contributed by atoms with E-state index in [1.165, 1.54) is 6.26 Å². The Bertz CT molecular complexity index is 246. The lowest BCUT2D eigenvalue weighted by molar-refractivity contribution is 0.549.